The van der Waals surface area contributed by atoms with Crippen LogP contribution in [0.15, 0.2) is 48.6 Å². The van der Waals surface area contributed by atoms with Gasteiger partial charge < -0.3 is 14.2 Å². The summed E-state index contributed by atoms with van der Waals surface area (Å²) >= 11 is 0. The standard InChI is InChI=1S/C64H116O6/c1-4-7-10-13-16-18-20-22-24-26-28-30-32-34-35-37-39-41-43-45-48-51-54-57-63(66)69-60-61(59-68-62(65)56-53-50-47-15-12-9-6-3)70-64(67)58-55-52-49-46-44-42-40-38-36-33-31-29-27-25-23-21-19-17-14-11-8-5-2/h7,10,16,18,22,24,28,30,61H,4-6,8-9,11-15,17,19-21,23,25-27,29,31-60H2,1-3H3/b10-7-,18-16-,24-22-,30-28-. The molecular weight excluding hydrogens is 865 g/mol. The van der Waals surface area contributed by atoms with Crippen LogP contribution >= 0.6 is 0 Å². The summed E-state index contributed by atoms with van der Waals surface area (Å²) in [6, 6.07) is 0. The van der Waals surface area contributed by atoms with Gasteiger partial charge in [-0.3, -0.25) is 14.4 Å². The maximum atomic E-state index is 12.8. The quantitative estimate of drug-likeness (QED) is 0.0261. The maximum absolute atomic E-state index is 12.8. The molecule has 0 aliphatic heterocycles. The maximum Gasteiger partial charge on any atom is 0.306 e. The highest BCUT2D eigenvalue weighted by Gasteiger charge is 2.19. The topological polar surface area (TPSA) is 78.9 Å². The number of carbonyl (C=O) groups is 3. The molecule has 0 saturated heterocycles. The number of carbonyl (C=O) groups excluding carboxylic acids is 3. The minimum Gasteiger partial charge on any atom is -0.462 e. The van der Waals surface area contributed by atoms with Crippen LogP contribution in [-0.4, -0.2) is 37.2 Å². The summed E-state index contributed by atoms with van der Waals surface area (Å²) in [5, 5.41) is 0. The van der Waals surface area contributed by atoms with Crippen molar-refractivity contribution >= 4 is 17.9 Å². The molecule has 0 heterocycles. The summed E-state index contributed by atoms with van der Waals surface area (Å²) < 4.78 is 16.8. The van der Waals surface area contributed by atoms with Crippen LogP contribution in [0.1, 0.15) is 323 Å². The van der Waals surface area contributed by atoms with E-state index in [9.17, 15) is 14.4 Å². The Hall–Kier alpha value is -2.63. The fraction of sp³-hybridized carbons (Fsp3) is 0.828. The van der Waals surface area contributed by atoms with E-state index in [-0.39, 0.29) is 31.1 Å². The second-order valence-corrected chi connectivity index (χ2v) is 20.6. The van der Waals surface area contributed by atoms with E-state index in [0.29, 0.717) is 19.3 Å². The minimum absolute atomic E-state index is 0.0704. The number of unbranched alkanes of at least 4 members (excludes halogenated alkanes) is 37. The van der Waals surface area contributed by atoms with E-state index in [2.05, 4.69) is 69.4 Å². The molecule has 1 atom stereocenters. The average molecular weight is 982 g/mol. The molecule has 0 N–H and O–H groups in total. The van der Waals surface area contributed by atoms with Crippen molar-refractivity contribution in [2.75, 3.05) is 13.2 Å². The lowest BCUT2D eigenvalue weighted by atomic mass is 10.0. The number of hydrogen-bond donors (Lipinski definition) is 0. The Balaban J connectivity index is 4.13. The molecule has 0 aromatic heterocycles. The summed E-state index contributed by atoms with van der Waals surface area (Å²) in [6.45, 7) is 6.53. The molecule has 0 amide bonds. The highest BCUT2D eigenvalue weighted by Crippen LogP contribution is 2.17. The smallest absolute Gasteiger partial charge is 0.306 e. The molecule has 0 aliphatic carbocycles. The average Bonchev–Trinajstić information content (AvgIpc) is 3.36. The van der Waals surface area contributed by atoms with Crippen LogP contribution in [-0.2, 0) is 28.6 Å². The van der Waals surface area contributed by atoms with Crippen LogP contribution in [0.4, 0.5) is 0 Å². The van der Waals surface area contributed by atoms with Crippen LogP contribution in [0.25, 0.3) is 0 Å². The Morgan fingerprint density at radius 2 is 0.557 bits per heavy atom. The number of ether oxygens (including phenoxy) is 3. The first-order valence-electron chi connectivity index (χ1n) is 30.6. The van der Waals surface area contributed by atoms with E-state index >= 15 is 0 Å². The van der Waals surface area contributed by atoms with Crippen molar-refractivity contribution < 1.29 is 28.6 Å². The highest BCUT2D eigenvalue weighted by molar-refractivity contribution is 5.71. The van der Waals surface area contributed by atoms with Crippen LogP contribution < -0.4 is 0 Å². The van der Waals surface area contributed by atoms with E-state index in [4.69, 9.17) is 14.2 Å². The zero-order valence-corrected chi connectivity index (χ0v) is 46.8. The van der Waals surface area contributed by atoms with Crippen molar-refractivity contribution in [3.05, 3.63) is 48.6 Å². The predicted molar refractivity (Wildman–Crippen MR) is 302 cm³/mol. The molecule has 408 valence electrons. The number of allylic oxidation sites excluding steroid dienone is 8. The first-order chi connectivity index (χ1) is 34.5. The second kappa shape index (κ2) is 58.9. The highest BCUT2D eigenvalue weighted by atomic mass is 16.6. The monoisotopic (exact) mass is 981 g/mol. The van der Waals surface area contributed by atoms with E-state index in [1.807, 2.05) is 0 Å². The summed E-state index contributed by atoms with van der Waals surface area (Å²) in [5.41, 5.74) is 0. The van der Waals surface area contributed by atoms with Gasteiger partial charge in [0.2, 0.25) is 0 Å². The molecule has 1 unspecified atom stereocenters. The zero-order valence-electron chi connectivity index (χ0n) is 46.8. The van der Waals surface area contributed by atoms with Gasteiger partial charge in [0, 0.05) is 19.3 Å². The Morgan fingerprint density at radius 1 is 0.300 bits per heavy atom. The van der Waals surface area contributed by atoms with Gasteiger partial charge in [0.1, 0.15) is 13.2 Å². The van der Waals surface area contributed by atoms with E-state index < -0.39 is 6.10 Å². The second-order valence-electron chi connectivity index (χ2n) is 20.6. The Kier molecular flexibility index (Phi) is 56.7. The van der Waals surface area contributed by atoms with Crippen molar-refractivity contribution in [2.24, 2.45) is 0 Å². The van der Waals surface area contributed by atoms with Crippen LogP contribution in [0.5, 0.6) is 0 Å². The van der Waals surface area contributed by atoms with Gasteiger partial charge in [0.25, 0.3) is 0 Å². The van der Waals surface area contributed by atoms with Crippen molar-refractivity contribution in [1.29, 1.82) is 0 Å². The zero-order chi connectivity index (χ0) is 50.7. The first kappa shape index (κ1) is 67.4. The van der Waals surface area contributed by atoms with Crippen molar-refractivity contribution in [3.63, 3.8) is 0 Å². The lowest BCUT2D eigenvalue weighted by molar-refractivity contribution is -0.167. The van der Waals surface area contributed by atoms with Gasteiger partial charge >= 0.3 is 17.9 Å². The fourth-order valence-electron chi connectivity index (χ4n) is 9.02. The van der Waals surface area contributed by atoms with Crippen LogP contribution in [0.3, 0.4) is 0 Å². The van der Waals surface area contributed by atoms with Crippen molar-refractivity contribution in [2.45, 2.75) is 329 Å². The molecule has 6 nitrogen and oxygen atoms in total. The lowest BCUT2D eigenvalue weighted by Gasteiger charge is -2.18. The van der Waals surface area contributed by atoms with E-state index in [1.165, 1.54) is 199 Å². The Labute approximate surface area is 435 Å². The van der Waals surface area contributed by atoms with Crippen LogP contribution in [0.2, 0.25) is 0 Å². The SMILES string of the molecule is CC/C=C\C/C=C\C/C=C\C/C=C\CCCCCCCCCCCCC(=O)OCC(COC(=O)CCCCCCCCC)OC(=O)CCCCCCCCCCCCCCCCCCCCCCCC. The summed E-state index contributed by atoms with van der Waals surface area (Å²) in [6.07, 6.45) is 72.8. The molecule has 0 rings (SSSR count). The van der Waals surface area contributed by atoms with Gasteiger partial charge in [-0.25, -0.2) is 0 Å². The third-order valence-electron chi connectivity index (χ3n) is 13.6. The van der Waals surface area contributed by atoms with Crippen LogP contribution in [0, 0.1) is 0 Å². The number of rotatable bonds is 56. The van der Waals surface area contributed by atoms with Gasteiger partial charge in [-0.1, -0.05) is 294 Å². The lowest BCUT2D eigenvalue weighted by Crippen LogP contribution is -2.30. The van der Waals surface area contributed by atoms with E-state index in [1.54, 1.807) is 0 Å². The van der Waals surface area contributed by atoms with Gasteiger partial charge in [0.05, 0.1) is 0 Å². The summed E-state index contributed by atoms with van der Waals surface area (Å²) in [4.78, 5) is 38.0. The molecule has 0 bridgehead atoms. The third kappa shape index (κ3) is 56.3. The van der Waals surface area contributed by atoms with Gasteiger partial charge in [-0.05, 0) is 57.8 Å². The Morgan fingerprint density at radius 3 is 0.871 bits per heavy atom. The molecule has 0 aromatic rings. The largest absolute Gasteiger partial charge is 0.462 e. The normalized spacial score (nSPS) is 12.3. The molecule has 0 saturated carbocycles. The molecule has 0 spiro atoms. The third-order valence-corrected chi connectivity index (χ3v) is 13.6. The predicted octanol–water partition coefficient (Wildman–Crippen LogP) is 20.6. The number of esters is 3. The molecule has 0 aliphatic rings. The van der Waals surface area contributed by atoms with Gasteiger partial charge in [-0.2, -0.15) is 0 Å². The summed E-state index contributed by atoms with van der Waals surface area (Å²) in [7, 11) is 0. The molecule has 0 aromatic carbocycles. The fourth-order valence-corrected chi connectivity index (χ4v) is 9.02. The van der Waals surface area contributed by atoms with Gasteiger partial charge in [0.15, 0.2) is 6.10 Å². The van der Waals surface area contributed by atoms with Crippen molar-refractivity contribution in [1.82, 2.24) is 0 Å². The first-order valence-corrected chi connectivity index (χ1v) is 30.6. The minimum atomic E-state index is -0.770. The molecule has 6 heteroatoms. The molecule has 0 fully saturated rings. The molecular formula is C64H116O6. The molecule has 70 heavy (non-hydrogen) atoms. The van der Waals surface area contributed by atoms with Gasteiger partial charge in [-0.15, -0.1) is 0 Å². The van der Waals surface area contributed by atoms with E-state index in [0.717, 1.165) is 83.5 Å². The summed E-state index contributed by atoms with van der Waals surface area (Å²) in [5.74, 6) is -0.863. The molecule has 0 radical (unpaired) electrons. The van der Waals surface area contributed by atoms with Crippen molar-refractivity contribution in [3.8, 4) is 0 Å². The Bertz CT molecular complexity index is 1220. The number of hydrogen-bond acceptors (Lipinski definition) is 6.